The van der Waals surface area contributed by atoms with Crippen molar-refractivity contribution in [3.05, 3.63) is 58.1 Å². The highest BCUT2D eigenvalue weighted by atomic mass is 16.5. The number of amides is 2. The molecule has 8 heteroatoms. The summed E-state index contributed by atoms with van der Waals surface area (Å²) in [4.78, 5) is 37.2. The summed E-state index contributed by atoms with van der Waals surface area (Å²) in [5.74, 6) is 0.913. The normalized spacial score (nSPS) is 13.6. The molecule has 0 saturated carbocycles. The van der Waals surface area contributed by atoms with Gasteiger partial charge >= 0.3 is 5.63 Å². The van der Waals surface area contributed by atoms with Gasteiger partial charge in [-0.05, 0) is 25.1 Å². The van der Waals surface area contributed by atoms with Crippen molar-refractivity contribution in [2.45, 2.75) is 13.0 Å². The Labute approximate surface area is 155 Å². The summed E-state index contributed by atoms with van der Waals surface area (Å²) in [7, 11) is 1.52. The molecule has 1 aliphatic rings. The Morgan fingerprint density at radius 1 is 1.22 bits per heavy atom. The Morgan fingerprint density at radius 2 is 2.00 bits per heavy atom. The predicted molar refractivity (Wildman–Crippen MR) is 96.0 cm³/mol. The fourth-order valence-electron chi connectivity index (χ4n) is 2.69. The maximum Gasteiger partial charge on any atom is 0.339 e. The van der Waals surface area contributed by atoms with Crippen LogP contribution in [0.3, 0.4) is 0 Å². The number of nitrogens with one attached hydrogen (secondary N) is 1. The van der Waals surface area contributed by atoms with Gasteiger partial charge in [0.15, 0.2) is 0 Å². The van der Waals surface area contributed by atoms with Gasteiger partial charge in [0.05, 0.1) is 32.8 Å². The number of carbonyl (C=O) groups excluding carboxylic acids is 2. The van der Waals surface area contributed by atoms with Crippen LogP contribution >= 0.6 is 0 Å². The van der Waals surface area contributed by atoms with Crippen LogP contribution in [0.2, 0.25) is 0 Å². The molecule has 1 aliphatic heterocycles. The third-order valence-electron chi connectivity index (χ3n) is 4.10. The second-order valence-corrected chi connectivity index (χ2v) is 6.18. The van der Waals surface area contributed by atoms with Crippen molar-refractivity contribution >= 4 is 11.8 Å². The zero-order valence-electron chi connectivity index (χ0n) is 15.1. The number of rotatable bonds is 6. The number of hydrogen-bond acceptors (Lipinski definition) is 6. The first kappa shape index (κ1) is 18.5. The summed E-state index contributed by atoms with van der Waals surface area (Å²) in [6, 6.07) is 9.59. The van der Waals surface area contributed by atoms with E-state index in [0.29, 0.717) is 35.9 Å². The molecule has 2 amide bonds. The Kier molecular flexibility index (Phi) is 5.44. The van der Waals surface area contributed by atoms with E-state index < -0.39 is 5.63 Å². The van der Waals surface area contributed by atoms with Crippen molar-refractivity contribution in [3.63, 3.8) is 0 Å². The molecule has 1 N–H and O–H groups in total. The van der Waals surface area contributed by atoms with Crippen LogP contribution in [0.5, 0.6) is 11.5 Å². The lowest BCUT2D eigenvalue weighted by atomic mass is 10.1. The summed E-state index contributed by atoms with van der Waals surface area (Å²) >= 11 is 0. The van der Waals surface area contributed by atoms with Crippen molar-refractivity contribution in [2.24, 2.45) is 0 Å². The topological polar surface area (TPSA) is 98.1 Å². The third-order valence-corrected chi connectivity index (χ3v) is 4.10. The second-order valence-electron chi connectivity index (χ2n) is 6.18. The van der Waals surface area contributed by atoms with E-state index in [9.17, 15) is 14.4 Å². The monoisotopic (exact) mass is 372 g/mol. The Hall–Kier alpha value is -3.29. The maximum atomic E-state index is 12.2. The molecule has 0 radical (unpaired) electrons. The fraction of sp³-hybridized carbons (Fsp3) is 0.316. The fourth-order valence-corrected chi connectivity index (χ4v) is 2.69. The van der Waals surface area contributed by atoms with Crippen LogP contribution in [0.15, 0.2) is 45.6 Å². The minimum Gasteiger partial charge on any atom is -0.497 e. The zero-order chi connectivity index (χ0) is 19.4. The predicted octanol–water partition coefficient (Wildman–Crippen LogP) is 0.976. The van der Waals surface area contributed by atoms with E-state index in [1.165, 1.54) is 13.2 Å². The Balaban J connectivity index is 1.45. The van der Waals surface area contributed by atoms with Crippen LogP contribution in [0.25, 0.3) is 0 Å². The minimum absolute atomic E-state index is 0.100. The molecule has 2 aromatic rings. The highest BCUT2D eigenvalue weighted by Gasteiger charge is 2.32. The molecule has 1 fully saturated rings. The van der Waals surface area contributed by atoms with Crippen molar-refractivity contribution in [2.75, 3.05) is 26.7 Å². The molecular formula is C19H20N2O6. The molecule has 1 aromatic heterocycles. The van der Waals surface area contributed by atoms with E-state index in [1.54, 1.807) is 42.2 Å². The first-order valence-electron chi connectivity index (χ1n) is 8.43. The Morgan fingerprint density at radius 3 is 2.70 bits per heavy atom. The minimum atomic E-state index is -0.475. The van der Waals surface area contributed by atoms with Gasteiger partial charge in [-0.25, -0.2) is 4.79 Å². The molecular weight excluding hydrogens is 352 g/mol. The Bertz CT molecular complexity index is 901. The average molecular weight is 372 g/mol. The van der Waals surface area contributed by atoms with Crippen molar-refractivity contribution in [1.82, 2.24) is 10.2 Å². The van der Waals surface area contributed by atoms with Crippen LogP contribution in [0.4, 0.5) is 0 Å². The smallest absolute Gasteiger partial charge is 0.339 e. The van der Waals surface area contributed by atoms with Crippen LogP contribution in [0.1, 0.15) is 16.1 Å². The lowest BCUT2D eigenvalue weighted by Gasteiger charge is -2.38. The summed E-state index contributed by atoms with van der Waals surface area (Å²) < 4.78 is 15.6. The van der Waals surface area contributed by atoms with Gasteiger partial charge in [-0.3, -0.25) is 9.59 Å². The van der Waals surface area contributed by atoms with Gasteiger partial charge < -0.3 is 24.1 Å². The summed E-state index contributed by atoms with van der Waals surface area (Å²) in [6.07, 6.45) is -0.191. The average Bonchev–Trinajstić information content (AvgIpc) is 2.61. The van der Waals surface area contributed by atoms with Gasteiger partial charge in [0.1, 0.15) is 23.4 Å². The van der Waals surface area contributed by atoms with Gasteiger partial charge in [-0.2, -0.15) is 0 Å². The molecule has 142 valence electrons. The highest BCUT2D eigenvalue weighted by Crippen LogP contribution is 2.18. The molecule has 0 bridgehead atoms. The molecule has 3 rings (SSSR count). The SMILES string of the molecule is COc1cccc(C(=O)NCC(=O)N2CC(Oc3cc(C)oc(=O)c3)C2)c1. The number of hydrogen-bond donors (Lipinski definition) is 1. The van der Waals surface area contributed by atoms with Crippen LogP contribution in [-0.4, -0.2) is 49.6 Å². The van der Waals surface area contributed by atoms with E-state index in [2.05, 4.69) is 5.32 Å². The lowest BCUT2D eigenvalue weighted by Crippen LogP contribution is -2.58. The van der Waals surface area contributed by atoms with Gasteiger partial charge in [-0.1, -0.05) is 6.07 Å². The van der Waals surface area contributed by atoms with Gasteiger partial charge in [0.25, 0.3) is 5.91 Å². The van der Waals surface area contributed by atoms with Crippen molar-refractivity contribution in [1.29, 1.82) is 0 Å². The summed E-state index contributed by atoms with van der Waals surface area (Å²) in [5.41, 5.74) is -0.0530. The van der Waals surface area contributed by atoms with Crippen LogP contribution in [-0.2, 0) is 4.79 Å². The lowest BCUT2D eigenvalue weighted by molar-refractivity contribution is -0.138. The molecule has 1 aromatic carbocycles. The van der Waals surface area contributed by atoms with E-state index >= 15 is 0 Å². The molecule has 8 nitrogen and oxygen atoms in total. The van der Waals surface area contributed by atoms with Crippen LogP contribution < -0.4 is 20.4 Å². The number of benzene rings is 1. The van der Waals surface area contributed by atoms with Crippen molar-refractivity contribution in [3.8, 4) is 11.5 Å². The van der Waals surface area contributed by atoms with E-state index in [4.69, 9.17) is 13.9 Å². The molecule has 27 heavy (non-hydrogen) atoms. The summed E-state index contributed by atoms with van der Waals surface area (Å²) in [6.45, 7) is 2.35. The number of methoxy groups -OCH3 is 1. The molecule has 0 unspecified atom stereocenters. The highest BCUT2D eigenvalue weighted by molar-refractivity contribution is 5.96. The first-order valence-corrected chi connectivity index (χ1v) is 8.43. The summed E-state index contributed by atoms with van der Waals surface area (Å²) in [5, 5.41) is 2.60. The number of ether oxygens (including phenoxy) is 2. The van der Waals surface area contributed by atoms with Gasteiger partial charge in [0.2, 0.25) is 5.91 Å². The molecule has 0 aliphatic carbocycles. The van der Waals surface area contributed by atoms with E-state index in [-0.39, 0.29) is 24.5 Å². The quantitative estimate of drug-likeness (QED) is 0.812. The molecule has 1 saturated heterocycles. The second kappa shape index (κ2) is 7.94. The third kappa shape index (κ3) is 4.66. The number of likely N-dealkylation sites (tertiary alicyclic amines) is 1. The van der Waals surface area contributed by atoms with Crippen molar-refractivity contribution < 1.29 is 23.5 Å². The van der Waals surface area contributed by atoms with E-state index in [1.807, 2.05) is 0 Å². The number of carbonyl (C=O) groups is 2. The molecule has 0 spiro atoms. The number of nitrogens with zero attached hydrogens (tertiary/aromatic N) is 1. The maximum absolute atomic E-state index is 12.2. The molecule has 2 heterocycles. The van der Waals surface area contributed by atoms with Crippen LogP contribution in [0, 0.1) is 6.92 Å². The van der Waals surface area contributed by atoms with Gasteiger partial charge in [0, 0.05) is 11.6 Å². The van der Waals surface area contributed by atoms with Gasteiger partial charge in [-0.15, -0.1) is 0 Å². The standard InChI is InChI=1S/C19H20N2O6/c1-12-6-15(8-18(23)26-12)27-16-10-21(11-16)17(22)9-20-19(24)13-4-3-5-14(7-13)25-2/h3-8,16H,9-11H2,1-2H3,(H,20,24). The zero-order valence-corrected chi connectivity index (χ0v) is 15.1. The number of aryl methyl sites for hydroxylation is 1. The largest absolute Gasteiger partial charge is 0.497 e. The van der Waals surface area contributed by atoms with E-state index in [0.717, 1.165) is 0 Å². The first-order chi connectivity index (χ1) is 12.9. The molecule has 0 atom stereocenters.